The van der Waals surface area contributed by atoms with Crippen molar-refractivity contribution in [2.75, 3.05) is 22.4 Å². The highest BCUT2D eigenvalue weighted by Crippen LogP contribution is 2.20. The SMILES string of the molecule is Cc1ccc(C)c(NC(=O)CN(c2cccc(C#N)c2)S(C)(=O)=O)c1. The Bertz CT molecular complexity index is 946. The lowest BCUT2D eigenvalue weighted by molar-refractivity contribution is -0.114. The monoisotopic (exact) mass is 357 g/mol. The molecule has 0 bridgehead atoms. The maximum atomic E-state index is 12.4. The number of hydrogen-bond acceptors (Lipinski definition) is 4. The van der Waals surface area contributed by atoms with Gasteiger partial charge in [-0.25, -0.2) is 8.42 Å². The maximum absolute atomic E-state index is 12.4. The summed E-state index contributed by atoms with van der Waals surface area (Å²) < 4.78 is 25.2. The lowest BCUT2D eigenvalue weighted by Gasteiger charge is -2.22. The first kappa shape index (κ1) is 18.5. The smallest absolute Gasteiger partial charge is 0.245 e. The minimum atomic E-state index is -3.69. The van der Waals surface area contributed by atoms with E-state index in [-0.39, 0.29) is 12.2 Å². The molecule has 0 aliphatic carbocycles. The van der Waals surface area contributed by atoms with E-state index in [4.69, 9.17) is 5.26 Å². The number of sulfonamides is 1. The molecule has 2 aromatic rings. The zero-order chi connectivity index (χ0) is 18.6. The van der Waals surface area contributed by atoms with Gasteiger partial charge >= 0.3 is 0 Å². The molecule has 7 heteroatoms. The summed E-state index contributed by atoms with van der Waals surface area (Å²) in [5, 5.41) is 11.7. The highest BCUT2D eigenvalue weighted by Gasteiger charge is 2.21. The van der Waals surface area contributed by atoms with Gasteiger partial charge in [0.25, 0.3) is 0 Å². The van der Waals surface area contributed by atoms with Crippen LogP contribution >= 0.6 is 0 Å². The highest BCUT2D eigenvalue weighted by atomic mass is 32.2. The third-order valence-electron chi connectivity index (χ3n) is 3.62. The lowest BCUT2D eigenvalue weighted by atomic mass is 10.1. The van der Waals surface area contributed by atoms with Gasteiger partial charge in [0.15, 0.2) is 0 Å². The Kier molecular flexibility index (Phi) is 5.45. The van der Waals surface area contributed by atoms with Crippen molar-refractivity contribution < 1.29 is 13.2 Å². The predicted octanol–water partition coefficient (Wildman–Crippen LogP) is 2.58. The molecule has 0 heterocycles. The third-order valence-corrected chi connectivity index (χ3v) is 4.76. The van der Waals surface area contributed by atoms with E-state index in [0.29, 0.717) is 11.3 Å². The zero-order valence-corrected chi connectivity index (χ0v) is 15.1. The van der Waals surface area contributed by atoms with Crippen molar-refractivity contribution in [3.63, 3.8) is 0 Å². The van der Waals surface area contributed by atoms with E-state index in [1.165, 1.54) is 6.07 Å². The molecular weight excluding hydrogens is 338 g/mol. The van der Waals surface area contributed by atoms with Gasteiger partial charge in [0.05, 0.1) is 23.6 Å². The van der Waals surface area contributed by atoms with Crippen molar-refractivity contribution in [3.8, 4) is 6.07 Å². The van der Waals surface area contributed by atoms with E-state index in [9.17, 15) is 13.2 Å². The van der Waals surface area contributed by atoms with E-state index in [1.54, 1.807) is 18.2 Å². The first-order valence-electron chi connectivity index (χ1n) is 7.55. The molecule has 0 atom stereocenters. The molecule has 2 aromatic carbocycles. The summed E-state index contributed by atoms with van der Waals surface area (Å²) in [6.07, 6.45) is 1.03. The van der Waals surface area contributed by atoms with Crippen LogP contribution in [0.4, 0.5) is 11.4 Å². The first-order valence-corrected chi connectivity index (χ1v) is 9.40. The number of nitriles is 1. The second-order valence-corrected chi connectivity index (χ2v) is 7.71. The van der Waals surface area contributed by atoms with Gasteiger partial charge in [-0.05, 0) is 49.2 Å². The molecule has 0 unspecified atom stereocenters. The Balaban J connectivity index is 2.27. The molecule has 6 nitrogen and oxygen atoms in total. The summed E-state index contributed by atoms with van der Waals surface area (Å²) in [4.78, 5) is 12.4. The largest absolute Gasteiger partial charge is 0.324 e. The van der Waals surface area contributed by atoms with Crippen LogP contribution in [-0.2, 0) is 14.8 Å². The van der Waals surface area contributed by atoms with E-state index >= 15 is 0 Å². The van der Waals surface area contributed by atoms with Gasteiger partial charge < -0.3 is 5.32 Å². The van der Waals surface area contributed by atoms with E-state index in [0.717, 1.165) is 21.7 Å². The number of hydrogen-bond donors (Lipinski definition) is 1. The van der Waals surface area contributed by atoms with Crippen molar-refractivity contribution >= 4 is 27.3 Å². The predicted molar refractivity (Wildman–Crippen MR) is 97.9 cm³/mol. The number of amides is 1. The summed E-state index contributed by atoms with van der Waals surface area (Å²) in [5.41, 5.74) is 3.11. The van der Waals surface area contributed by atoms with E-state index in [2.05, 4.69) is 5.32 Å². The number of nitrogens with zero attached hydrogens (tertiary/aromatic N) is 2. The second-order valence-electron chi connectivity index (χ2n) is 5.80. The standard InChI is InChI=1S/C18H19N3O3S/c1-13-7-8-14(2)17(9-13)20-18(22)12-21(25(3,23)24)16-6-4-5-15(10-16)11-19/h4-10H,12H2,1-3H3,(H,20,22). The van der Waals surface area contributed by atoms with Crippen LogP contribution in [0.1, 0.15) is 16.7 Å². The van der Waals surface area contributed by atoms with Gasteiger partial charge in [-0.2, -0.15) is 5.26 Å². The van der Waals surface area contributed by atoms with Gasteiger partial charge in [-0.1, -0.05) is 18.2 Å². The molecule has 0 aromatic heterocycles. The quantitative estimate of drug-likeness (QED) is 0.890. The number of nitrogens with one attached hydrogen (secondary N) is 1. The Morgan fingerprint density at radius 2 is 1.92 bits per heavy atom. The molecule has 0 spiro atoms. The molecule has 0 fully saturated rings. The fourth-order valence-corrected chi connectivity index (χ4v) is 3.17. The number of carbonyl (C=O) groups excluding carboxylic acids is 1. The highest BCUT2D eigenvalue weighted by molar-refractivity contribution is 7.92. The molecule has 0 saturated carbocycles. The van der Waals surface area contributed by atoms with Gasteiger partial charge in [-0.3, -0.25) is 9.10 Å². The van der Waals surface area contributed by atoms with Gasteiger partial charge in [0.2, 0.25) is 15.9 Å². The minimum absolute atomic E-state index is 0.276. The third kappa shape index (κ3) is 4.81. The first-order chi connectivity index (χ1) is 11.7. The van der Waals surface area contributed by atoms with Crippen molar-refractivity contribution in [1.82, 2.24) is 0 Å². The topological polar surface area (TPSA) is 90.3 Å². The Morgan fingerprint density at radius 3 is 2.56 bits per heavy atom. The molecule has 0 aliphatic heterocycles. The van der Waals surface area contributed by atoms with Crippen molar-refractivity contribution in [2.45, 2.75) is 13.8 Å². The maximum Gasteiger partial charge on any atom is 0.245 e. The summed E-state index contributed by atoms with van der Waals surface area (Å²) in [5.74, 6) is -0.457. The van der Waals surface area contributed by atoms with Crippen LogP contribution in [-0.4, -0.2) is 27.1 Å². The zero-order valence-electron chi connectivity index (χ0n) is 14.3. The number of aryl methyl sites for hydroxylation is 2. The van der Waals surface area contributed by atoms with Crippen LogP contribution in [0.2, 0.25) is 0 Å². The van der Waals surface area contributed by atoms with Crippen LogP contribution in [0.25, 0.3) is 0 Å². The van der Waals surface area contributed by atoms with Crippen LogP contribution in [0.5, 0.6) is 0 Å². The van der Waals surface area contributed by atoms with E-state index < -0.39 is 15.9 Å². The van der Waals surface area contributed by atoms with Gasteiger partial charge in [-0.15, -0.1) is 0 Å². The molecule has 25 heavy (non-hydrogen) atoms. The summed E-state index contributed by atoms with van der Waals surface area (Å²) in [6.45, 7) is 3.40. The summed E-state index contributed by atoms with van der Waals surface area (Å²) >= 11 is 0. The molecule has 0 radical (unpaired) electrons. The second kappa shape index (κ2) is 7.36. The molecule has 0 aliphatic rings. The molecule has 130 valence electrons. The van der Waals surface area contributed by atoms with Crippen LogP contribution in [0.3, 0.4) is 0 Å². The molecule has 1 amide bonds. The van der Waals surface area contributed by atoms with E-state index in [1.807, 2.05) is 38.1 Å². The van der Waals surface area contributed by atoms with Crippen molar-refractivity contribution in [2.24, 2.45) is 0 Å². The lowest BCUT2D eigenvalue weighted by Crippen LogP contribution is -2.37. The molecule has 0 saturated heterocycles. The molecule has 2 rings (SSSR count). The van der Waals surface area contributed by atoms with Crippen molar-refractivity contribution in [3.05, 3.63) is 59.2 Å². The Hall–Kier alpha value is -2.85. The Labute approximate surface area is 147 Å². The number of anilines is 2. The fourth-order valence-electron chi connectivity index (χ4n) is 2.32. The van der Waals surface area contributed by atoms with Crippen LogP contribution in [0, 0.1) is 25.2 Å². The average Bonchev–Trinajstić information content (AvgIpc) is 2.55. The Morgan fingerprint density at radius 1 is 1.20 bits per heavy atom. The fraction of sp³-hybridized carbons (Fsp3) is 0.222. The summed E-state index contributed by atoms with van der Waals surface area (Å²) in [7, 11) is -3.69. The number of benzene rings is 2. The van der Waals surface area contributed by atoms with Crippen molar-refractivity contribution in [1.29, 1.82) is 5.26 Å². The van der Waals surface area contributed by atoms with Gasteiger partial charge in [0.1, 0.15) is 6.54 Å². The summed E-state index contributed by atoms with van der Waals surface area (Å²) in [6, 6.07) is 13.7. The number of rotatable bonds is 5. The number of carbonyl (C=O) groups is 1. The van der Waals surface area contributed by atoms with Crippen LogP contribution in [0.15, 0.2) is 42.5 Å². The molecular formula is C18H19N3O3S. The average molecular weight is 357 g/mol. The minimum Gasteiger partial charge on any atom is -0.324 e. The van der Waals surface area contributed by atoms with Crippen LogP contribution < -0.4 is 9.62 Å². The molecule has 1 N–H and O–H groups in total. The van der Waals surface area contributed by atoms with Gasteiger partial charge in [0, 0.05) is 5.69 Å². The normalized spacial score (nSPS) is 10.8.